The van der Waals surface area contributed by atoms with Gasteiger partial charge in [-0.3, -0.25) is 0 Å². The molecule has 0 aliphatic rings. The molecule has 0 fully saturated rings. The number of rotatable bonds is 8. The van der Waals surface area contributed by atoms with Crippen LogP contribution in [-0.2, 0) is 14.3 Å². The Balaban J connectivity index is 4.27. The van der Waals surface area contributed by atoms with Crippen molar-refractivity contribution in [2.45, 2.75) is 46.0 Å². The average Bonchev–Trinajstić information content (AvgIpc) is 2.23. The molecule has 16 heavy (non-hydrogen) atoms. The summed E-state index contributed by atoms with van der Waals surface area (Å²) >= 11 is 0. The third-order valence-corrected chi connectivity index (χ3v) is 2.09. The lowest BCUT2D eigenvalue weighted by Crippen LogP contribution is -2.10. The molecule has 0 amide bonds. The van der Waals surface area contributed by atoms with Gasteiger partial charge in [-0.1, -0.05) is 26.7 Å². The Hall–Kier alpha value is -1.32. The van der Waals surface area contributed by atoms with Crippen LogP contribution in [0.1, 0.15) is 46.0 Å². The van der Waals surface area contributed by atoms with Gasteiger partial charge in [0, 0.05) is 11.6 Å². The van der Waals surface area contributed by atoms with E-state index in [1.807, 2.05) is 13.8 Å². The van der Waals surface area contributed by atoms with Crippen molar-refractivity contribution >= 4 is 11.9 Å². The fraction of sp³-hybridized carbons (Fsp3) is 0.667. The smallest absolute Gasteiger partial charge is 0.334 e. The van der Waals surface area contributed by atoms with Crippen molar-refractivity contribution in [2.75, 3.05) is 6.61 Å². The van der Waals surface area contributed by atoms with Crippen molar-refractivity contribution in [3.8, 4) is 0 Å². The van der Waals surface area contributed by atoms with Crippen molar-refractivity contribution in [3.05, 3.63) is 11.6 Å². The first-order valence-corrected chi connectivity index (χ1v) is 5.72. The lowest BCUT2D eigenvalue weighted by molar-refractivity contribution is -0.140. The summed E-state index contributed by atoms with van der Waals surface area (Å²) in [5.41, 5.74) is 0.255. The highest BCUT2D eigenvalue weighted by Gasteiger charge is 2.11. The molecule has 0 heterocycles. The molecule has 4 heteroatoms. The van der Waals surface area contributed by atoms with Gasteiger partial charge in [-0.2, -0.15) is 0 Å². The zero-order valence-electron chi connectivity index (χ0n) is 9.99. The first kappa shape index (κ1) is 14.7. The Bertz CT molecular complexity index is 256. The maximum atomic E-state index is 11.5. The maximum absolute atomic E-state index is 11.5. The number of esters is 1. The second-order valence-corrected chi connectivity index (χ2v) is 3.60. The van der Waals surface area contributed by atoms with Gasteiger partial charge in [-0.25, -0.2) is 9.59 Å². The van der Waals surface area contributed by atoms with Crippen LogP contribution in [0.2, 0.25) is 0 Å². The summed E-state index contributed by atoms with van der Waals surface area (Å²) in [6.07, 6.45) is 4.87. The van der Waals surface area contributed by atoms with Crippen LogP contribution in [-0.4, -0.2) is 23.7 Å². The molecule has 0 bridgehead atoms. The molecule has 0 atom stereocenters. The summed E-state index contributed by atoms with van der Waals surface area (Å²) < 4.78 is 4.97. The standard InChI is InChI=1S/C12H20O4/c1-3-5-7-10(9-11(13)14)12(15)16-8-6-4-2/h9H,3-8H2,1-2H3,(H,13,14). The van der Waals surface area contributed by atoms with Crippen molar-refractivity contribution < 1.29 is 19.4 Å². The molecule has 0 aromatic carbocycles. The van der Waals surface area contributed by atoms with Crippen LogP contribution >= 0.6 is 0 Å². The van der Waals surface area contributed by atoms with Crippen molar-refractivity contribution in [1.29, 1.82) is 0 Å². The summed E-state index contributed by atoms with van der Waals surface area (Å²) in [5.74, 6) is -1.59. The largest absolute Gasteiger partial charge is 0.478 e. The minimum Gasteiger partial charge on any atom is -0.478 e. The van der Waals surface area contributed by atoms with Gasteiger partial charge in [-0.15, -0.1) is 0 Å². The number of carbonyl (C=O) groups excluding carboxylic acids is 1. The Labute approximate surface area is 96.3 Å². The van der Waals surface area contributed by atoms with Gasteiger partial charge in [0.05, 0.1) is 6.61 Å². The third-order valence-electron chi connectivity index (χ3n) is 2.09. The molecule has 92 valence electrons. The van der Waals surface area contributed by atoms with Gasteiger partial charge in [0.15, 0.2) is 0 Å². The van der Waals surface area contributed by atoms with Crippen LogP contribution in [0.5, 0.6) is 0 Å². The SMILES string of the molecule is CCCCOC(=O)C(=CC(=O)O)CCCC. The van der Waals surface area contributed by atoms with Gasteiger partial charge < -0.3 is 9.84 Å². The van der Waals surface area contributed by atoms with Crippen LogP contribution in [0.15, 0.2) is 11.6 Å². The lowest BCUT2D eigenvalue weighted by atomic mass is 10.1. The van der Waals surface area contributed by atoms with E-state index in [-0.39, 0.29) is 5.57 Å². The maximum Gasteiger partial charge on any atom is 0.334 e. The molecule has 0 unspecified atom stereocenters. The second kappa shape index (κ2) is 8.95. The first-order chi connectivity index (χ1) is 7.61. The Morgan fingerprint density at radius 2 is 1.81 bits per heavy atom. The number of hydrogen-bond acceptors (Lipinski definition) is 3. The Morgan fingerprint density at radius 3 is 2.31 bits per heavy atom. The summed E-state index contributed by atoms with van der Waals surface area (Å²) in [6, 6.07) is 0. The molecule has 0 rings (SSSR count). The number of carboxylic acids is 1. The van der Waals surface area contributed by atoms with E-state index in [1.165, 1.54) is 0 Å². The number of aliphatic carboxylic acids is 1. The van der Waals surface area contributed by atoms with Crippen LogP contribution in [0.3, 0.4) is 0 Å². The van der Waals surface area contributed by atoms with Crippen molar-refractivity contribution in [2.24, 2.45) is 0 Å². The van der Waals surface area contributed by atoms with Gasteiger partial charge in [0.2, 0.25) is 0 Å². The number of carbonyl (C=O) groups is 2. The average molecular weight is 228 g/mol. The first-order valence-electron chi connectivity index (χ1n) is 5.72. The lowest BCUT2D eigenvalue weighted by Gasteiger charge is -2.06. The van der Waals surface area contributed by atoms with Crippen LogP contribution in [0.4, 0.5) is 0 Å². The van der Waals surface area contributed by atoms with E-state index in [9.17, 15) is 9.59 Å². The van der Waals surface area contributed by atoms with Crippen molar-refractivity contribution in [3.63, 3.8) is 0 Å². The molecule has 0 radical (unpaired) electrons. The summed E-state index contributed by atoms with van der Waals surface area (Å²) in [6.45, 7) is 4.35. The van der Waals surface area contributed by atoms with Crippen LogP contribution in [0, 0.1) is 0 Å². The highest BCUT2D eigenvalue weighted by Crippen LogP contribution is 2.09. The van der Waals surface area contributed by atoms with E-state index in [1.54, 1.807) is 0 Å². The minimum atomic E-state index is -1.10. The number of carboxylic acid groups (broad SMARTS) is 1. The molecule has 0 aromatic heterocycles. The second-order valence-electron chi connectivity index (χ2n) is 3.60. The number of ether oxygens (including phenoxy) is 1. The predicted octanol–water partition coefficient (Wildman–Crippen LogP) is 2.53. The van der Waals surface area contributed by atoms with Crippen molar-refractivity contribution in [1.82, 2.24) is 0 Å². The molecule has 0 saturated carbocycles. The van der Waals surface area contributed by atoms with Gasteiger partial charge >= 0.3 is 11.9 Å². The van der Waals surface area contributed by atoms with E-state index in [0.717, 1.165) is 31.8 Å². The zero-order chi connectivity index (χ0) is 12.4. The van der Waals surface area contributed by atoms with Gasteiger partial charge in [0.1, 0.15) is 0 Å². The Kier molecular flexibility index (Phi) is 8.21. The monoisotopic (exact) mass is 228 g/mol. The highest BCUT2D eigenvalue weighted by atomic mass is 16.5. The molecule has 0 spiro atoms. The van der Waals surface area contributed by atoms with E-state index in [4.69, 9.17) is 9.84 Å². The molecule has 0 aliphatic carbocycles. The van der Waals surface area contributed by atoms with E-state index in [2.05, 4.69) is 0 Å². The normalized spacial score (nSPS) is 11.2. The van der Waals surface area contributed by atoms with E-state index >= 15 is 0 Å². The third kappa shape index (κ3) is 7.04. The van der Waals surface area contributed by atoms with E-state index in [0.29, 0.717) is 13.0 Å². The zero-order valence-corrected chi connectivity index (χ0v) is 9.99. The fourth-order valence-corrected chi connectivity index (χ4v) is 1.15. The van der Waals surface area contributed by atoms with Gasteiger partial charge in [0.25, 0.3) is 0 Å². The minimum absolute atomic E-state index is 0.255. The number of unbranched alkanes of at least 4 members (excludes halogenated alkanes) is 2. The molecule has 0 aliphatic heterocycles. The molecule has 1 N–H and O–H groups in total. The fourth-order valence-electron chi connectivity index (χ4n) is 1.15. The number of hydrogen-bond donors (Lipinski definition) is 1. The topological polar surface area (TPSA) is 63.6 Å². The molecule has 4 nitrogen and oxygen atoms in total. The summed E-state index contributed by atoms with van der Waals surface area (Å²) in [4.78, 5) is 22.0. The highest BCUT2D eigenvalue weighted by molar-refractivity contribution is 5.95. The predicted molar refractivity (Wildman–Crippen MR) is 61.1 cm³/mol. The van der Waals surface area contributed by atoms with Crippen LogP contribution < -0.4 is 0 Å². The molecular formula is C12H20O4. The molecule has 0 saturated heterocycles. The molecular weight excluding hydrogens is 208 g/mol. The van der Waals surface area contributed by atoms with E-state index < -0.39 is 11.9 Å². The summed E-state index contributed by atoms with van der Waals surface area (Å²) in [5, 5.41) is 8.62. The molecule has 0 aromatic rings. The summed E-state index contributed by atoms with van der Waals surface area (Å²) in [7, 11) is 0. The van der Waals surface area contributed by atoms with Crippen LogP contribution in [0.25, 0.3) is 0 Å². The Morgan fingerprint density at radius 1 is 1.19 bits per heavy atom. The van der Waals surface area contributed by atoms with Gasteiger partial charge in [-0.05, 0) is 19.3 Å². The quantitative estimate of drug-likeness (QED) is 0.394.